The Bertz CT molecular complexity index is 1560. The second-order valence-corrected chi connectivity index (χ2v) is 9.06. The van der Waals surface area contributed by atoms with Gasteiger partial charge in [0.1, 0.15) is 5.82 Å². The van der Waals surface area contributed by atoms with Crippen LogP contribution in [0.25, 0.3) is 27.7 Å². The molecule has 3 heterocycles. The van der Waals surface area contributed by atoms with Crippen LogP contribution in [-0.2, 0) is 16.7 Å². The van der Waals surface area contributed by atoms with Gasteiger partial charge in [0.15, 0.2) is 0 Å². The van der Waals surface area contributed by atoms with Crippen molar-refractivity contribution in [1.82, 2.24) is 4.57 Å². The fourth-order valence-electron chi connectivity index (χ4n) is 5.15. The Balaban J connectivity index is 1.74. The van der Waals surface area contributed by atoms with Crippen LogP contribution in [0.2, 0.25) is 0 Å². The van der Waals surface area contributed by atoms with Crippen molar-refractivity contribution in [3.8, 4) is 22.9 Å². The van der Waals surface area contributed by atoms with Crippen LogP contribution in [0.5, 0.6) is 0 Å². The van der Waals surface area contributed by atoms with Gasteiger partial charge in [-0.3, -0.25) is 4.99 Å². The average Bonchev–Trinajstić information content (AvgIpc) is 3.42. The highest BCUT2D eigenvalue weighted by Crippen LogP contribution is 2.48. The summed E-state index contributed by atoms with van der Waals surface area (Å²) in [6.07, 6.45) is 2.11. The summed E-state index contributed by atoms with van der Waals surface area (Å²) in [5, 5.41) is 20.1. The number of carboxylic acids is 1. The Labute approximate surface area is 200 Å². The fraction of sp³-hybridized carbons (Fsp3) is 0.179. The average molecular weight is 465 g/mol. The molecule has 172 valence electrons. The Hall–Kier alpha value is -4.28. The summed E-state index contributed by atoms with van der Waals surface area (Å²) in [6.45, 7) is 1.37. The lowest BCUT2D eigenvalue weighted by molar-refractivity contribution is -0.0601. The summed E-state index contributed by atoms with van der Waals surface area (Å²) >= 11 is 0. The SMILES string of the molecule is N#CCC1(c2c(-c3ccc(C(=O)O)cc3)c3cc4c(cc3n2-c2ccc(F)cc2)C=NC4)COC1. The van der Waals surface area contributed by atoms with Gasteiger partial charge in [-0.15, -0.1) is 0 Å². The number of aliphatic imine (C=N–C) groups is 1. The van der Waals surface area contributed by atoms with Crippen molar-refractivity contribution in [3.05, 3.63) is 88.9 Å². The van der Waals surface area contributed by atoms with Crippen LogP contribution in [0.4, 0.5) is 4.39 Å². The lowest BCUT2D eigenvalue weighted by atomic mass is 9.76. The second kappa shape index (κ2) is 7.90. The highest BCUT2D eigenvalue weighted by molar-refractivity contribution is 6.04. The summed E-state index contributed by atoms with van der Waals surface area (Å²) in [5.41, 5.74) is 6.15. The molecular weight excluding hydrogens is 445 g/mol. The molecule has 3 aromatic carbocycles. The van der Waals surface area contributed by atoms with E-state index in [1.807, 2.05) is 6.21 Å². The van der Waals surface area contributed by atoms with Crippen LogP contribution >= 0.6 is 0 Å². The Kier molecular flexibility index (Phi) is 4.80. The molecule has 4 aromatic rings. The molecule has 1 fully saturated rings. The van der Waals surface area contributed by atoms with Crippen molar-refractivity contribution in [1.29, 1.82) is 5.26 Å². The van der Waals surface area contributed by atoms with E-state index in [1.165, 1.54) is 12.1 Å². The predicted octanol–water partition coefficient (Wildman–Crippen LogP) is 5.25. The molecule has 0 radical (unpaired) electrons. The molecule has 1 saturated heterocycles. The first kappa shape index (κ1) is 21.3. The number of nitriles is 1. The zero-order valence-corrected chi connectivity index (χ0v) is 18.7. The normalized spacial score (nSPS) is 15.5. The number of fused-ring (bicyclic) bond motifs is 2. The summed E-state index contributed by atoms with van der Waals surface area (Å²) in [4.78, 5) is 15.9. The van der Waals surface area contributed by atoms with Gasteiger partial charge < -0.3 is 14.4 Å². The topological polar surface area (TPSA) is 87.6 Å². The first-order chi connectivity index (χ1) is 17.0. The van der Waals surface area contributed by atoms with Gasteiger partial charge in [-0.05, 0) is 65.2 Å². The number of hydrogen-bond acceptors (Lipinski definition) is 4. The smallest absolute Gasteiger partial charge is 0.335 e. The van der Waals surface area contributed by atoms with Crippen LogP contribution in [0, 0.1) is 17.1 Å². The summed E-state index contributed by atoms with van der Waals surface area (Å²) < 4.78 is 21.6. The van der Waals surface area contributed by atoms with Crippen LogP contribution in [-0.4, -0.2) is 35.1 Å². The number of halogens is 1. The van der Waals surface area contributed by atoms with Crippen molar-refractivity contribution >= 4 is 23.1 Å². The molecule has 1 N–H and O–H groups in total. The zero-order chi connectivity index (χ0) is 24.2. The van der Waals surface area contributed by atoms with Gasteiger partial charge in [0.2, 0.25) is 0 Å². The second-order valence-electron chi connectivity index (χ2n) is 9.06. The summed E-state index contributed by atoms with van der Waals surface area (Å²) in [6, 6.07) is 19.7. The number of carboxylic acid groups (broad SMARTS) is 1. The zero-order valence-electron chi connectivity index (χ0n) is 18.7. The number of ether oxygens (including phenoxy) is 1. The highest BCUT2D eigenvalue weighted by atomic mass is 19.1. The maximum absolute atomic E-state index is 13.9. The van der Waals surface area contributed by atoms with Gasteiger partial charge in [0.25, 0.3) is 0 Å². The van der Waals surface area contributed by atoms with Gasteiger partial charge in [0, 0.05) is 28.5 Å². The lowest BCUT2D eigenvalue weighted by Gasteiger charge is -2.41. The van der Waals surface area contributed by atoms with Gasteiger partial charge in [-0.25, -0.2) is 9.18 Å². The Morgan fingerprint density at radius 3 is 2.51 bits per heavy atom. The number of aromatic nitrogens is 1. The number of hydrogen-bond donors (Lipinski definition) is 1. The molecule has 0 bridgehead atoms. The quantitative estimate of drug-likeness (QED) is 0.436. The van der Waals surface area contributed by atoms with Crippen LogP contribution in [0.15, 0.2) is 65.7 Å². The highest BCUT2D eigenvalue weighted by Gasteiger charge is 2.46. The third-order valence-corrected chi connectivity index (χ3v) is 6.90. The molecule has 0 spiro atoms. The van der Waals surface area contributed by atoms with Crippen molar-refractivity contribution in [2.45, 2.75) is 18.4 Å². The first-order valence-corrected chi connectivity index (χ1v) is 11.3. The van der Waals surface area contributed by atoms with E-state index >= 15 is 0 Å². The molecule has 0 saturated carbocycles. The van der Waals surface area contributed by atoms with E-state index in [1.54, 1.807) is 36.4 Å². The van der Waals surface area contributed by atoms with E-state index in [9.17, 15) is 19.6 Å². The largest absolute Gasteiger partial charge is 0.478 e. The van der Waals surface area contributed by atoms with Gasteiger partial charge in [-0.1, -0.05) is 12.1 Å². The van der Waals surface area contributed by atoms with Crippen molar-refractivity contribution in [3.63, 3.8) is 0 Å². The minimum atomic E-state index is -0.992. The molecule has 6 nitrogen and oxygen atoms in total. The monoisotopic (exact) mass is 465 g/mol. The summed E-state index contributed by atoms with van der Waals surface area (Å²) in [7, 11) is 0. The molecule has 0 atom stereocenters. The number of rotatable bonds is 5. The lowest BCUT2D eigenvalue weighted by Crippen LogP contribution is -2.48. The molecule has 35 heavy (non-hydrogen) atoms. The van der Waals surface area contributed by atoms with E-state index in [-0.39, 0.29) is 17.8 Å². The van der Waals surface area contributed by atoms with E-state index in [0.29, 0.717) is 19.8 Å². The maximum Gasteiger partial charge on any atom is 0.335 e. The van der Waals surface area contributed by atoms with E-state index in [0.717, 1.165) is 44.5 Å². The standard InChI is InChI=1S/C28H20FN3O3/c29-21-5-7-22(8-6-21)32-24-12-20-14-31-13-19(20)11-23(24)25(17-1-3-18(4-2-17)27(33)34)26(32)28(9-10-30)15-35-16-28/h1-8,11-12,14H,9,13,15-16H2,(H,33,34). The number of benzene rings is 3. The van der Waals surface area contributed by atoms with Crippen molar-refractivity contribution in [2.75, 3.05) is 13.2 Å². The third kappa shape index (κ3) is 3.26. The Morgan fingerprint density at radius 1 is 1.14 bits per heavy atom. The minimum Gasteiger partial charge on any atom is -0.478 e. The molecular formula is C28H20FN3O3. The van der Waals surface area contributed by atoms with Crippen LogP contribution in [0.3, 0.4) is 0 Å². The van der Waals surface area contributed by atoms with Crippen molar-refractivity contribution < 1.29 is 19.0 Å². The molecule has 2 aliphatic heterocycles. The van der Waals surface area contributed by atoms with Crippen LogP contribution < -0.4 is 0 Å². The molecule has 1 aromatic heterocycles. The van der Waals surface area contributed by atoms with Gasteiger partial charge in [0.05, 0.1) is 48.7 Å². The fourth-order valence-corrected chi connectivity index (χ4v) is 5.15. The predicted molar refractivity (Wildman–Crippen MR) is 130 cm³/mol. The van der Waals surface area contributed by atoms with E-state index in [4.69, 9.17) is 4.74 Å². The van der Waals surface area contributed by atoms with Gasteiger partial charge in [-0.2, -0.15) is 5.26 Å². The minimum absolute atomic E-state index is 0.200. The maximum atomic E-state index is 13.9. The van der Waals surface area contributed by atoms with E-state index in [2.05, 4.69) is 27.8 Å². The molecule has 7 heteroatoms. The molecule has 0 aliphatic carbocycles. The van der Waals surface area contributed by atoms with Crippen molar-refractivity contribution in [2.24, 2.45) is 4.99 Å². The third-order valence-electron chi connectivity index (χ3n) is 6.90. The Morgan fingerprint density at radius 2 is 1.89 bits per heavy atom. The molecule has 2 aliphatic rings. The van der Waals surface area contributed by atoms with Gasteiger partial charge >= 0.3 is 5.97 Å². The summed E-state index contributed by atoms with van der Waals surface area (Å²) in [5.74, 6) is -1.32. The van der Waals surface area contributed by atoms with E-state index < -0.39 is 11.4 Å². The van der Waals surface area contributed by atoms with Crippen LogP contribution in [0.1, 0.15) is 33.6 Å². The molecule has 0 unspecified atom stereocenters. The first-order valence-electron chi connectivity index (χ1n) is 11.3. The molecule has 6 rings (SSSR count). The number of aromatic carboxylic acids is 1. The number of nitrogens with zero attached hydrogens (tertiary/aromatic N) is 3. The molecule has 0 amide bonds. The number of carbonyl (C=O) groups is 1.